The summed E-state index contributed by atoms with van der Waals surface area (Å²) in [5.74, 6) is 0.173. The molecule has 0 saturated carbocycles. The summed E-state index contributed by atoms with van der Waals surface area (Å²) in [6.07, 6.45) is 12.4. The van der Waals surface area contributed by atoms with E-state index in [0.29, 0.717) is 6.42 Å². The molecule has 0 heterocycles. The van der Waals surface area contributed by atoms with Crippen LogP contribution in [0.4, 0.5) is 0 Å². The Hall–Kier alpha value is -0.570. The summed E-state index contributed by atoms with van der Waals surface area (Å²) in [4.78, 5) is 11.6. The fourth-order valence-corrected chi connectivity index (χ4v) is 2.21. The van der Waals surface area contributed by atoms with Gasteiger partial charge >= 0.3 is 0 Å². The first-order valence-corrected chi connectivity index (χ1v) is 8.29. The molecule has 0 aromatic heterocycles. The summed E-state index contributed by atoms with van der Waals surface area (Å²) in [7, 11) is 0. The number of carbonyl (C=O) groups is 1. The van der Waals surface area contributed by atoms with Crippen molar-refractivity contribution in [3.63, 3.8) is 0 Å². The number of hydrazine groups is 1. The second-order valence-corrected chi connectivity index (χ2v) is 5.29. The van der Waals surface area contributed by atoms with Crippen LogP contribution in [0.25, 0.3) is 0 Å². The number of nitrogens with zero attached hydrogens (tertiary/aromatic N) is 1. The molecule has 0 aromatic carbocycles. The Kier molecular flexibility index (Phi) is 13.4. The second-order valence-electron chi connectivity index (χ2n) is 5.29. The molecule has 0 aliphatic heterocycles. The molecule has 0 aliphatic carbocycles. The van der Waals surface area contributed by atoms with Crippen LogP contribution in [-0.4, -0.2) is 24.0 Å². The number of unbranched alkanes of at least 4 members (excludes halogenated alkanes) is 8. The quantitative estimate of drug-likeness (QED) is 0.400. The van der Waals surface area contributed by atoms with Gasteiger partial charge < -0.3 is 0 Å². The molecule has 1 N–H and O–H groups in total. The van der Waals surface area contributed by atoms with E-state index in [1.807, 2.05) is 5.01 Å². The van der Waals surface area contributed by atoms with Gasteiger partial charge in [-0.3, -0.25) is 10.2 Å². The number of nitrogens with one attached hydrogen (secondary N) is 1. The zero-order valence-electron chi connectivity index (χ0n) is 13.3. The van der Waals surface area contributed by atoms with Gasteiger partial charge in [-0.05, 0) is 6.42 Å². The first kappa shape index (κ1) is 18.4. The summed E-state index contributed by atoms with van der Waals surface area (Å²) in [6, 6.07) is 0. The van der Waals surface area contributed by atoms with Crippen LogP contribution < -0.4 is 5.43 Å². The normalized spacial score (nSPS) is 10.9. The minimum Gasteiger partial charge on any atom is -0.289 e. The third-order valence-corrected chi connectivity index (χ3v) is 3.55. The smallest absolute Gasteiger partial charge is 0.234 e. The van der Waals surface area contributed by atoms with Crippen LogP contribution in [-0.2, 0) is 4.79 Å². The summed E-state index contributed by atoms with van der Waals surface area (Å²) < 4.78 is 0. The summed E-state index contributed by atoms with van der Waals surface area (Å²) >= 11 is 0. The summed E-state index contributed by atoms with van der Waals surface area (Å²) in [5.41, 5.74) is 2.94. The van der Waals surface area contributed by atoms with Crippen molar-refractivity contribution >= 4 is 5.91 Å². The Labute approximate surface area is 120 Å². The van der Waals surface area contributed by atoms with Gasteiger partial charge in [0.05, 0.1) is 0 Å². The fourth-order valence-electron chi connectivity index (χ4n) is 2.21. The van der Waals surface area contributed by atoms with E-state index >= 15 is 0 Å². The van der Waals surface area contributed by atoms with Crippen molar-refractivity contribution in [2.75, 3.05) is 13.1 Å². The predicted molar refractivity (Wildman–Crippen MR) is 82.9 cm³/mol. The Morgan fingerprint density at radius 1 is 0.789 bits per heavy atom. The molecule has 0 atom stereocenters. The number of hydrogen-bond acceptors (Lipinski definition) is 2. The van der Waals surface area contributed by atoms with Crippen molar-refractivity contribution in [3.8, 4) is 0 Å². The zero-order valence-corrected chi connectivity index (χ0v) is 13.3. The highest BCUT2D eigenvalue weighted by atomic mass is 16.2. The lowest BCUT2D eigenvalue weighted by molar-refractivity contribution is -0.125. The average molecular weight is 270 g/mol. The van der Waals surface area contributed by atoms with Gasteiger partial charge in [-0.15, -0.1) is 0 Å². The number of hydrogen-bond donors (Lipinski definition) is 1. The third-order valence-electron chi connectivity index (χ3n) is 3.55. The van der Waals surface area contributed by atoms with Crippen LogP contribution in [0.1, 0.15) is 85.0 Å². The van der Waals surface area contributed by atoms with Gasteiger partial charge in [0.2, 0.25) is 5.91 Å². The highest BCUT2D eigenvalue weighted by Gasteiger charge is 2.04. The number of rotatable bonds is 13. The largest absolute Gasteiger partial charge is 0.289 e. The van der Waals surface area contributed by atoms with Crippen LogP contribution in [0.2, 0.25) is 0 Å². The third kappa shape index (κ3) is 12.2. The Morgan fingerprint density at radius 2 is 1.26 bits per heavy atom. The lowest BCUT2D eigenvalue weighted by Gasteiger charge is -2.19. The maximum atomic E-state index is 11.6. The molecule has 3 nitrogen and oxygen atoms in total. The highest BCUT2D eigenvalue weighted by Crippen LogP contribution is 2.10. The van der Waals surface area contributed by atoms with Gasteiger partial charge in [0, 0.05) is 19.5 Å². The average Bonchev–Trinajstić information content (AvgIpc) is 2.43. The van der Waals surface area contributed by atoms with Crippen molar-refractivity contribution in [3.05, 3.63) is 0 Å². The van der Waals surface area contributed by atoms with Crippen LogP contribution in [0, 0.1) is 0 Å². The lowest BCUT2D eigenvalue weighted by Crippen LogP contribution is -2.41. The maximum absolute atomic E-state index is 11.6. The van der Waals surface area contributed by atoms with Gasteiger partial charge in [-0.1, -0.05) is 72.1 Å². The standard InChI is InChI=1S/C16H34N2O/c1-4-7-8-9-10-11-12-13-14-15-16(19)17-18(5-2)6-3/h4-15H2,1-3H3,(H,17,19). The molecular weight excluding hydrogens is 236 g/mol. The van der Waals surface area contributed by atoms with Gasteiger partial charge in [0.15, 0.2) is 0 Å². The Balaban J connectivity index is 3.27. The minimum absolute atomic E-state index is 0.173. The first-order valence-electron chi connectivity index (χ1n) is 8.29. The summed E-state index contributed by atoms with van der Waals surface area (Å²) in [6.45, 7) is 8.12. The molecule has 0 radical (unpaired) electrons. The van der Waals surface area contributed by atoms with E-state index in [0.717, 1.165) is 19.5 Å². The molecule has 0 bridgehead atoms. The monoisotopic (exact) mass is 270 g/mol. The van der Waals surface area contributed by atoms with Gasteiger partial charge in [-0.2, -0.15) is 0 Å². The van der Waals surface area contributed by atoms with Gasteiger partial charge in [-0.25, -0.2) is 5.01 Å². The van der Waals surface area contributed by atoms with E-state index < -0.39 is 0 Å². The fraction of sp³-hybridized carbons (Fsp3) is 0.938. The van der Waals surface area contributed by atoms with Crippen LogP contribution >= 0.6 is 0 Å². The molecule has 0 spiro atoms. The first-order chi connectivity index (χ1) is 9.24. The molecule has 0 unspecified atom stereocenters. The van der Waals surface area contributed by atoms with Gasteiger partial charge in [0.1, 0.15) is 0 Å². The molecule has 0 aromatic rings. The molecule has 19 heavy (non-hydrogen) atoms. The molecule has 3 heteroatoms. The minimum atomic E-state index is 0.173. The predicted octanol–water partition coefficient (Wildman–Crippen LogP) is 4.28. The lowest BCUT2D eigenvalue weighted by atomic mass is 10.1. The Morgan fingerprint density at radius 3 is 1.74 bits per heavy atom. The van der Waals surface area contributed by atoms with Crippen molar-refractivity contribution in [2.45, 2.75) is 85.0 Å². The molecule has 0 rings (SSSR count). The molecule has 0 aliphatic rings. The van der Waals surface area contributed by atoms with E-state index in [2.05, 4.69) is 26.2 Å². The number of carbonyl (C=O) groups excluding carboxylic acids is 1. The molecule has 0 saturated heterocycles. The molecule has 0 fully saturated rings. The van der Waals surface area contributed by atoms with Crippen molar-refractivity contribution in [1.29, 1.82) is 0 Å². The van der Waals surface area contributed by atoms with Crippen LogP contribution in [0.3, 0.4) is 0 Å². The second kappa shape index (κ2) is 13.9. The van der Waals surface area contributed by atoms with E-state index in [-0.39, 0.29) is 5.91 Å². The van der Waals surface area contributed by atoms with Gasteiger partial charge in [0.25, 0.3) is 0 Å². The van der Waals surface area contributed by atoms with E-state index in [4.69, 9.17) is 0 Å². The molecular formula is C16H34N2O. The van der Waals surface area contributed by atoms with Crippen molar-refractivity contribution < 1.29 is 4.79 Å². The highest BCUT2D eigenvalue weighted by molar-refractivity contribution is 5.75. The SMILES string of the molecule is CCCCCCCCCCCC(=O)NN(CC)CC. The Bertz CT molecular complexity index is 203. The van der Waals surface area contributed by atoms with Crippen LogP contribution in [0.5, 0.6) is 0 Å². The van der Waals surface area contributed by atoms with E-state index in [1.54, 1.807) is 0 Å². The van der Waals surface area contributed by atoms with Crippen molar-refractivity contribution in [1.82, 2.24) is 10.4 Å². The van der Waals surface area contributed by atoms with E-state index in [1.165, 1.54) is 51.4 Å². The zero-order chi connectivity index (χ0) is 14.3. The molecule has 1 amide bonds. The maximum Gasteiger partial charge on any atom is 0.234 e. The molecule has 114 valence electrons. The van der Waals surface area contributed by atoms with Crippen LogP contribution in [0.15, 0.2) is 0 Å². The van der Waals surface area contributed by atoms with Crippen molar-refractivity contribution in [2.24, 2.45) is 0 Å². The number of amides is 1. The summed E-state index contributed by atoms with van der Waals surface area (Å²) in [5, 5.41) is 1.95. The topological polar surface area (TPSA) is 32.3 Å². The van der Waals surface area contributed by atoms with E-state index in [9.17, 15) is 4.79 Å².